The summed E-state index contributed by atoms with van der Waals surface area (Å²) in [4.78, 5) is 11.8. The molecule has 6 nitrogen and oxygen atoms in total. The Morgan fingerprint density at radius 2 is 2.32 bits per heavy atom. The molecule has 0 radical (unpaired) electrons. The van der Waals surface area contributed by atoms with Crippen molar-refractivity contribution in [3.8, 4) is 5.75 Å². The maximum Gasteiger partial charge on any atom is 0.220 e. The lowest BCUT2D eigenvalue weighted by Crippen LogP contribution is -2.27. The molecule has 0 fully saturated rings. The second-order valence-corrected chi connectivity index (χ2v) is 5.66. The van der Waals surface area contributed by atoms with Crippen molar-refractivity contribution in [2.24, 2.45) is 0 Å². The Morgan fingerprint density at radius 3 is 2.95 bits per heavy atom. The van der Waals surface area contributed by atoms with Gasteiger partial charge in [0.1, 0.15) is 11.6 Å². The molecule has 0 saturated heterocycles. The van der Waals surface area contributed by atoms with Crippen LogP contribution in [-0.2, 0) is 17.8 Å². The molecule has 0 aliphatic heterocycles. The van der Waals surface area contributed by atoms with E-state index < -0.39 is 0 Å². The van der Waals surface area contributed by atoms with Crippen molar-refractivity contribution in [2.45, 2.75) is 26.3 Å². The van der Waals surface area contributed by atoms with Gasteiger partial charge < -0.3 is 15.0 Å². The van der Waals surface area contributed by atoms with E-state index >= 15 is 0 Å². The Balaban J connectivity index is 1.76. The van der Waals surface area contributed by atoms with E-state index in [9.17, 15) is 9.90 Å². The van der Waals surface area contributed by atoms with Crippen molar-refractivity contribution in [1.29, 1.82) is 0 Å². The molecule has 0 aliphatic carbocycles. The second-order valence-electron chi connectivity index (χ2n) is 4.86. The largest absolute Gasteiger partial charge is 0.506 e. The van der Waals surface area contributed by atoms with Crippen LogP contribution in [0, 0.1) is 11.7 Å². The molecule has 2 rings (SSSR count). The summed E-state index contributed by atoms with van der Waals surface area (Å²) in [6.07, 6.45) is 0.923. The lowest BCUT2D eigenvalue weighted by Gasteiger charge is -2.07. The molecule has 1 amide bonds. The summed E-state index contributed by atoms with van der Waals surface area (Å²) in [7, 11) is 0. The Bertz CT molecular complexity index is 726. The minimum Gasteiger partial charge on any atom is -0.506 e. The van der Waals surface area contributed by atoms with Crippen molar-refractivity contribution in [3.05, 3.63) is 39.4 Å². The molecule has 1 aromatic carbocycles. The summed E-state index contributed by atoms with van der Waals surface area (Å²) >= 11 is 10.9. The van der Waals surface area contributed by atoms with Gasteiger partial charge in [-0.25, -0.2) is 0 Å². The van der Waals surface area contributed by atoms with E-state index in [1.807, 2.05) is 11.5 Å². The van der Waals surface area contributed by atoms with Gasteiger partial charge in [0.15, 0.2) is 4.77 Å². The number of rotatable bonds is 6. The van der Waals surface area contributed by atoms with Crippen LogP contribution in [0.2, 0.25) is 5.02 Å². The topological polar surface area (TPSA) is 82.9 Å². The summed E-state index contributed by atoms with van der Waals surface area (Å²) in [6, 6.07) is 4.94. The lowest BCUT2D eigenvalue weighted by atomic mass is 10.1. The van der Waals surface area contributed by atoms with E-state index in [-0.39, 0.29) is 11.7 Å². The smallest absolute Gasteiger partial charge is 0.220 e. The Labute approximate surface area is 138 Å². The predicted molar refractivity (Wildman–Crippen MR) is 86.6 cm³/mol. The number of phenols is 1. The molecule has 1 aromatic heterocycles. The Kier molecular flexibility index (Phi) is 5.57. The standard InChI is InChI=1S/C14H17ClN4O2S/c1-9-17-18-14(22)19(9)7-6-16-13(21)5-3-10-2-4-12(20)11(15)8-10/h2,4,8,20H,3,5-7H2,1H3,(H,16,21)(H,18,22). The number of nitrogens with zero attached hydrogens (tertiary/aromatic N) is 2. The van der Waals surface area contributed by atoms with Crippen molar-refractivity contribution in [1.82, 2.24) is 20.1 Å². The molecule has 3 N–H and O–H groups in total. The zero-order valence-corrected chi connectivity index (χ0v) is 13.7. The predicted octanol–water partition coefficient (Wildman–Crippen LogP) is 2.36. The fraction of sp³-hybridized carbons (Fsp3) is 0.357. The fourth-order valence-corrected chi connectivity index (χ4v) is 2.49. The minimum absolute atomic E-state index is 0.0436. The summed E-state index contributed by atoms with van der Waals surface area (Å²) in [5.74, 6) is 0.789. The number of nitrogens with one attached hydrogen (secondary N) is 2. The van der Waals surface area contributed by atoms with Gasteiger partial charge in [0.2, 0.25) is 5.91 Å². The zero-order valence-electron chi connectivity index (χ0n) is 12.1. The van der Waals surface area contributed by atoms with Gasteiger partial charge in [-0.15, -0.1) is 0 Å². The highest BCUT2D eigenvalue weighted by Gasteiger charge is 2.05. The Hall–Kier alpha value is -1.86. The molecule has 0 saturated carbocycles. The summed E-state index contributed by atoms with van der Waals surface area (Å²) < 4.78 is 2.38. The molecular weight excluding hydrogens is 324 g/mol. The number of hydrogen-bond donors (Lipinski definition) is 3. The number of carbonyl (C=O) groups is 1. The molecule has 2 aromatic rings. The van der Waals surface area contributed by atoms with Crippen LogP contribution in [0.25, 0.3) is 0 Å². The molecule has 0 atom stereocenters. The van der Waals surface area contributed by atoms with Crippen molar-refractivity contribution in [3.63, 3.8) is 0 Å². The number of H-pyrrole nitrogens is 1. The molecule has 1 heterocycles. The second kappa shape index (κ2) is 7.42. The number of amides is 1. The third kappa shape index (κ3) is 4.32. The molecule has 22 heavy (non-hydrogen) atoms. The number of aromatic amines is 1. The van der Waals surface area contributed by atoms with E-state index in [0.29, 0.717) is 35.7 Å². The van der Waals surface area contributed by atoms with Gasteiger partial charge in [0.25, 0.3) is 0 Å². The van der Waals surface area contributed by atoms with E-state index in [1.165, 1.54) is 6.07 Å². The highest BCUT2D eigenvalue weighted by molar-refractivity contribution is 7.71. The third-order valence-electron chi connectivity index (χ3n) is 3.26. The first-order valence-corrected chi connectivity index (χ1v) is 7.62. The normalized spacial score (nSPS) is 10.6. The van der Waals surface area contributed by atoms with Crippen molar-refractivity contribution >= 4 is 29.7 Å². The van der Waals surface area contributed by atoms with Gasteiger partial charge in [0.05, 0.1) is 5.02 Å². The van der Waals surface area contributed by atoms with Gasteiger partial charge in [0, 0.05) is 19.5 Å². The number of aryl methyl sites for hydroxylation is 2. The number of benzene rings is 1. The van der Waals surface area contributed by atoms with Crippen LogP contribution >= 0.6 is 23.8 Å². The van der Waals surface area contributed by atoms with E-state index in [4.69, 9.17) is 23.8 Å². The number of halogens is 1. The minimum atomic E-state index is -0.0446. The average molecular weight is 341 g/mol. The number of phenolic OH excluding ortho intramolecular Hbond substituents is 1. The first-order chi connectivity index (χ1) is 10.5. The van der Waals surface area contributed by atoms with Crippen molar-refractivity contribution < 1.29 is 9.90 Å². The Morgan fingerprint density at radius 1 is 1.55 bits per heavy atom. The molecule has 0 unspecified atom stereocenters. The van der Waals surface area contributed by atoms with Crippen LogP contribution < -0.4 is 5.32 Å². The summed E-state index contributed by atoms with van der Waals surface area (Å²) in [5.41, 5.74) is 0.908. The molecule has 8 heteroatoms. The number of hydrogen-bond acceptors (Lipinski definition) is 4. The first-order valence-electron chi connectivity index (χ1n) is 6.83. The third-order valence-corrected chi connectivity index (χ3v) is 3.87. The lowest BCUT2D eigenvalue weighted by molar-refractivity contribution is -0.121. The van der Waals surface area contributed by atoms with Crippen LogP contribution in [0.5, 0.6) is 5.75 Å². The quantitative estimate of drug-likeness (QED) is 0.705. The van der Waals surface area contributed by atoms with Crippen LogP contribution in [-0.4, -0.2) is 32.3 Å². The number of aromatic hydroxyl groups is 1. The molecular formula is C14H17ClN4O2S. The van der Waals surface area contributed by atoms with Crippen LogP contribution in [0.1, 0.15) is 17.8 Å². The van der Waals surface area contributed by atoms with Gasteiger partial charge in [-0.3, -0.25) is 9.89 Å². The van der Waals surface area contributed by atoms with Crippen molar-refractivity contribution in [2.75, 3.05) is 6.54 Å². The summed E-state index contributed by atoms with van der Waals surface area (Å²) in [5, 5.41) is 19.2. The van der Waals surface area contributed by atoms with Gasteiger partial charge in [-0.1, -0.05) is 17.7 Å². The highest BCUT2D eigenvalue weighted by Crippen LogP contribution is 2.24. The van der Waals surface area contributed by atoms with Crippen LogP contribution in [0.4, 0.5) is 0 Å². The van der Waals surface area contributed by atoms with E-state index in [0.717, 1.165) is 11.4 Å². The van der Waals surface area contributed by atoms with Gasteiger partial charge >= 0.3 is 0 Å². The highest BCUT2D eigenvalue weighted by atomic mass is 35.5. The monoisotopic (exact) mass is 340 g/mol. The van der Waals surface area contributed by atoms with Gasteiger partial charge in [-0.2, -0.15) is 5.10 Å². The SMILES string of the molecule is Cc1n[nH]c(=S)n1CCNC(=O)CCc1ccc(O)c(Cl)c1. The van der Waals surface area contributed by atoms with Crippen LogP contribution in [0.3, 0.4) is 0 Å². The maximum atomic E-state index is 11.8. The van der Waals surface area contributed by atoms with E-state index in [1.54, 1.807) is 12.1 Å². The molecule has 0 spiro atoms. The first kappa shape index (κ1) is 16.5. The molecule has 118 valence electrons. The summed E-state index contributed by atoms with van der Waals surface area (Å²) in [6.45, 7) is 2.92. The average Bonchev–Trinajstić information content (AvgIpc) is 2.80. The fourth-order valence-electron chi connectivity index (χ4n) is 2.02. The van der Waals surface area contributed by atoms with Gasteiger partial charge in [-0.05, 0) is 43.3 Å². The molecule has 0 bridgehead atoms. The number of carbonyl (C=O) groups excluding carboxylic acids is 1. The molecule has 0 aliphatic rings. The number of aromatic nitrogens is 3. The van der Waals surface area contributed by atoms with Crippen LogP contribution in [0.15, 0.2) is 18.2 Å². The van der Waals surface area contributed by atoms with E-state index in [2.05, 4.69) is 15.5 Å². The maximum absolute atomic E-state index is 11.8. The zero-order chi connectivity index (χ0) is 16.1.